The number of hydrogen-bond acceptors (Lipinski definition) is 3. The Hall–Kier alpha value is -0.870. The number of amides is 1. The third kappa shape index (κ3) is 2.08. The van der Waals surface area contributed by atoms with E-state index in [2.05, 4.69) is 6.07 Å². The SMILES string of the molecule is C[C@@H](N)[C@H]1CCN(C(=O)c2cc3c(s2)CCC3)C1. The zero-order chi connectivity index (χ0) is 12.7. The van der Waals surface area contributed by atoms with Gasteiger partial charge in [0.2, 0.25) is 0 Å². The minimum absolute atomic E-state index is 0.191. The summed E-state index contributed by atoms with van der Waals surface area (Å²) in [5, 5.41) is 0. The molecule has 3 rings (SSSR count). The first-order valence-electron chi connectivity index (χ1n) is 6.81. The Morgan fingerprint density at radius 3 is 3.06 bits per heavy atom. The molecule has 0 bridgehead atoms. The van der Waals surface area contributed by atoms with Crippen LogP contribution in [-0.4, -0.2) is 29.9 Å². The lowest BCUT2D eigenvalue weighted by Gasteiger charge is -2.17. The van der Waals surface area contributed by atoms with E-state index in [1.807, 2.05) is 11.8 Å². The maximum absolute atomic E-state index is 12.4. The third-order valence-corrected chi connectivity index (χ3v) is 5.44. The van der Waals surface area contributed by atoms with Gasteiger partial charge in [-0.25, -0.2) is 0 Å². The van der Waals surface area contributed by atoms with Gasteiger partial charge >= 0.3 is 0 Å². The van der Waals surface area contributed by atoms with Crippen molar-refractivity contribution in [3.05, 3.63) is 21.4 Å². The Morgan fingerprint density at radius 1 is 1.56 bits per heavy atom. The average molecular weight is 264 g/mol. The van der Waals surface area contributed by atoms with Crippen molar-refractivity contribution in [1.29, 1.82) is 0 Å². The van der Waals surface area contributed by atoms with Crippen LogP contribution in [-0.2, 0) is 12.8 Å². The molecule has 1 aliphatic carbocycles. The fourth-order valence-electron chi connectivity index (χ4n) is 2.99. The molecule has 0 unspecified atom stereocenters. The Kier molecular flexibility index (Phi) is 3.16. The van der Waals surface area contributed by atoms with E-state index in [1.165, 1.54) is 16.9 Å². The van der Waals surface area contributed by atoms with E-state index in [0.717, 1.165) is 37.2 Å². The van der Waals surface area contributed by atoms with E-state index in [1.54, 1.807) is 11.3 Å². The highest BCUT2D eigenvalue weighted by molar-refractivity contribution is 7.14. The number of carbonyl (C=O) groups excluding carboxylic acids is 1. The first-order valence-corrected chi connectivity index (χ1v) is 7.63. The van der Waals surface area contributed by atoms with Gasteiger partial charge < -0.3 is 10.6 Å². The number of nitrogens with two attached hydrogens (primary N) is 1. The Balaban J connectivity index is 1.71. The molecule has 2 aliphatic rings. The van der Waals surface area contributed by atoms with Crippen molar-refractivity contribution in [2.24, 2.45) is 11.7 Å². The summed E-state index contributed by atoms with van der Waals surface area (Å²) in [6.45, 7) is 3.74. The van der Waals surface area contributed by atoms with Gasteiger partial charge in [0.15, 0.2) is 0 Å². The monoisotopic (exact) mass is 264 g/mol. The van der Waals surface area contributed by atoms with Gasteiger partial charge in [-0.05, 0) is 50.2 Å². The zero-order valence-electron chi connectivity index (χ0n) is 10.8. The Morgan fingerprint density at radius 2 is 2.39 bits per heavy atom. The molecule has 1 aromatic heterocycles. The summed E-state index contributed by atoms with van der Waals surface area (Å²) in [5.41, 5.74) is 7.33. The number of fused-ring (bicyclic) bond motifs is 1. The van der Waals surface area contributed by atoms with Gasteiger partial charge in [0, 0.05) is 24.0 Å². The van der Waals surface area contributed by atoms with Crippen molar-refractivity contribution >= 4 is 17.2 Å². The Labute approximate surface area is 112 Å². The first kappa shape index (κ1) is 12.2. The summed E-state index contributed by atoms with van der Waals surface area (Å²) in [6, 6.07) is 2.31. The fourth-order valence-corrected chi connectivity index (χ4v) is 4.21. The van der Waals surface area contributed by atoms with Crippen LogP contribution in [0, 0.1) is 5.92 Å². The van der Waals surface area contributed by atoms with E-state index in [0.29, 0.717) is 5.92 Å². The largest absolute Gasteiger partial charge is 0.338 e. The number of thiophene rings is 1. The van der Waals surface area contributed by atoms with Gasteiger partial charge in [-0.2, -0.15) is 0 Å². The molecule has 0 spiro atoms. The normalized spacial score (nSPS) is 24.3. The molecule has 1 fully saturated rings. The Bertz CT molecular complexity index is 445. The second-order valence-corrected chi connectivity index (χ2v) is 6.71. The van der Waals surface area contributed by atoms with Crippen molar-refractivity contribution < 1.29 is 4.79 Å². The van der Waals surface area contributed by atoms with Crippen LogP contribution < -0.4 is 5.73 Å². The number of carbonyl (C=O) groups is 1. The van der Waals surface area contributed by atoms with Crippen molar-refractivity contribution in [2.45, 2.75) is 38.6 Å². The van der Waals surface area contributed by atoms with Gasteiger partial charge in [-0.3, -0.25) is 4.79 Å². The highest BCUT2D eigenvalue weighted by Gasteiger charge is 2.30. The number of aryl methyl sites for hydroxylation is 2. The summed E-state index contributed by atoms with van der Waals surface area (Å²) >= 11 is 1.70. The number of hydrogen-bond donors (Lipinski definition) is 1. The molecule has 1 aromatic rings. The van der Waals surface area contributed by atoms with Gasteiger partial charge in [0.1, 0.15) is 0 Å². The lowest BCUT2D eigenvalue weighted by atomic mass is 10.0. The smallest absolute Gasteiger partial charge is 0.263 e. The zero-order valence-corrected chi connectivity index (χ0v) is 11.6. The van der Waals surface area contributed by atoms with Crippen LogP contribution in [0.4, 0.5) is 0 Å². The maximum atomic E-state index is 12.4. The highest BCUT2D eigenvalue weighted by atomic mass is 32.1. The molecule has 1 aliphatic heterocycles. The van der Waals surface area contributed by atoms with E-state index < -0.39 is 0 Å². The van der Waals surface area contributed by atoms with Crippen LogP contribution in [0.2, 0.25) is 0 Å². The molecule has 3 nitrogen and oxygen atoms in total. The molecular weight excluding hydrogens is 244 g/mol. The van der Waals surface area contributed by atoms with Crippen LogP contribution in [0.1, 0.15) is 39.9 Å². The second kappa shape index (κ2) is 4.67. The van der Waals surface area contributed by atoms with Crippen LogP contribution in [0.25, 0.3) is 0 Å². The quantitative estimate of drug-likeness (QED) is 0.888. The number of likely N-dealkylation sites (tertiary alicyclic amines) is 1. The summed E-state index contributed by atoms with van der Waals surface area (Å²) < 4.78 is 0. The molecule has 2 N–H and O–H groups in total. The van der Waals surface area contributed by atoms with Crippen molar-refractivity contribution in [1.82, 2.24) is 4.90 Å². The van der Waals surface area contributed by atoms with Gasteiger partial charge in [0.05, 0.1) is 4.88 Å². The lowest BCUT2D eigenvalue weighted by molar-refractivity contribution is 0.0790. The second-order valence-electron chi connectivity index (χ2n) is 5.57. The average Bonchev–Trinajstić information content (AvgIpc) is 3.02. The fraction of sp³-hybridized carbons (Fsp3) is 0.643. The molecule has 4 heteroatoms. The van der Waals surface area contributed by atoms with E-state index in [-0.39, 0.29) is 11.9 Å². The van der Waals surface area contributed by atoms with Crippen molar-refractivity contribution in [3.63, 3.8) is 0 Å². The minimum Gasteiger partial charge on any atom is -0.338 e. The maximum Gasteiger partial charge on any atom is 0.263 e. The standard InChI is InChI=1S/C14H20N2OS/c1-9(15)11-5-6-16(8-11)14(17)13-7-10-3-2-4-12(10)18-13/h7,9,11H,2-6,8,15H2,1H3/t9-,11+/m1/s1. The predicted octanol–water partition coefficient (Wildman–Crippen LogP) is 2.05. The molecule has 2 atom stereocenters. The predicted molar refractivity (Wildman–Crippen MR) is 74.0 cm³/mol. The third-order valence-electron chi connectivity index (χ3n) is 4.21. The summed E-state index contributed by atoms with van der Waals surface area (Å²) in [5.74, 6) is 0.693. The van der Waals surface area contributed by atoms with Gasteiger partial charge in [-0.1, -0.05) is 0 Å². The first-order chi connectivity index (χ1) is 8.65. The molecule has 0 saturated carbocycles. The van der Waals surface area contributed by atoms with Gasteiger partial charge in [-0.15, -0.1) is 11.3 Å². The van der Waals surface area contributed by atoms with Crippen LogP contribution in [0.3, 0.4) is 0 Å². The van der Waals surface area contributed by atoms with Gasteiger partial charge in [0.25, 0.3) is 5.91 Å². The summed E-state index contributed by atoms with van der Waals surface area (Å²) in [7, 11) is 0. The number of rotatable bonds is 2. The summed E-state index contributed by atoms with van der Waals surface area (Å²) in [4.78, 5) is 16.8. The van der Waals surface area contributed by atoms with Crippen molar-refractivity contribution in [2.75, 3.05) is 13.1 Å². The van der Waals surface area contributed by atoms with E-state index in [4.69, 9.17) is 5.73 Å². The van der Waals surface area contributed by atoms with E-state index in [9.17, 15) is 4.79 Å². The van der Waals surface area contributed by atoms with Crippen LogP contribution >= 0.6 is 11.3 Å². The van der Waals surface area contributed by atoms with E-state index >= 15 is 0 Å². The number of nitrogens with zero attached hydrogens (tertiary/aromatic N) is 1. The molecule has 0 aromatic carbocycles. The topological polar surface area (TPSA) is 46.3 Å². The molecule has 2 heterocycles. The molecule has 0 radical (unpaired) electrons. The molecule has 1 amide bonds. The van der Waals surface area contributed by atoms with Crippen LogP contribution in [0.15, 0.2) is 6.07 Å². The summed E-state index contributed by atoms with van der Waals surface area (Å²) in [6.07, 6.45) is 4.62. The molecule has 18 heavy (non-hydrogen) atoms. The molecular formula is C14H20N2OS. The minimum atomic E-state index is 0.191. The van der Waals surface area contributed by atoms with Crippen LogP contribution in [0.5, 0.6) is 0 Å². The molecule has 98 valence electrons. The lowest BCUT2D eigenvalue weighted by Crippen LogP contribution is -2.32. The highest BCUT2D eigenvalue weighted by Crippen LogP contribution is 2.32. The van der Waals surface area contributed by atoms with Crippen molar-refractivity contribution in [3.8, 4) is 0 Å². The molecule has 1 saturated heterocycles.